The molecule has 1 aliphatic carbocycles. The number of hydrogen-bond acceptors (Lipinski definition) is 3. The van der Waals surface area contributed by atoms with Gasteiger partial charge in [0, 0.05) is 18.3 Å². The fraction of sp³-hybridized carbons (Fsp3) is 0.391. The largest absolute Gasteiger partial charge is 0.497 e. The molecule has 1 saturated carbocycles. The molecule has 0 radical (unpaired) electrons. The van der Waals surface area contributed by atoms with E-state index in [4.69, 9.17) is 4.74 Å². The maximum atomic E-state index is 13.0. The van der Waals surface area contributed by atoms with Crippen LogP contribution in [0.15, 0.2) is 48.5 Å². The number of para-hydroxylation sites is 1. The van der Waals surface area contributed by atoms with Crippen LogP contribution in [0.5, 0.6) is 5.75 Å². The Morgan fingerprint density at radius 3 is 2.79 bits per heavy atom. The number of nitrogens with one attached hydrogen (secondary N) is 1. The average molecular weight is 378 g/mol. The molecule has 5 heteroatoms. The van der Waals surface area contributed by atoms with Crippen molar-refractivity contribution in [3.63, 3.8) is 0 Å². The first-order chi connectivity index (χ1) is 13.6. The second-order valence-electron chi connectivity index (χ2n) is 7.73. The predicted octanol–water partition coefficient (Wildman–Crippen LogP) is 2.97. The fourth-order valence-corrected chi connectivity index (χ4v) is 4.13. The Labute approximate surface area is 165 Å². The van der Waals surface area contributed by atoms with Crippen LogP contribution in [0.2, 0.25) is 0 Å². The van der Waals surface area contributed by atoms with E-state index >= 15 is 0 Å². The van der Waals surface area contributed by atoms with Gasteiger partial charge in [-0.1, -0.05) is 30.3 Å². The van der Waals surface area contributed by atoms with Crippen LogP contribution >= 0.6 is 0 Å². The summed E-state index contributed by atoms with van der Waals surface area (Å²) in [6, 6.07) is 16.0. The zero-order valence-corrected chi connectivity index (χ0v) is 16.4. The molecule has 1 aliphatic heterocycles. The van der Waals surface area contributed by atoms with Crippen LogP contribution in [0.4, 0.5) is 5.69 Å². The number of nitrogens with zero attached hydrogens (tertiary/aromatic N) is 1. The molecule has 1 N–H and O–H groups in total. The van der Waals surface area contributed by atoms with Gasteiger partial charge >= 0.3 is 0 Å². The summed E-state index contributed by atoms with van der Waals surface area (Å²) < 4.78 is 5.22. The smallest absolute Gasteiger partial charge is 0.231 e. The number of carbonyl (C=O) groups excluding carboxylic acids is 2. The number of hydrogen-bond donors (Lipinski definition) is 1. The summed E-state index contributed by atoms with van der Waals surface area (Å²) in [6.07, 6.45) is 2.27. The highest BCUT2D eigenvalue weighted by Gasteiger charge is 2.51. The Bertz CT molecular complexity index is 895. The van der Waals surface area contributed by atoms with Crippen LogP contribution in [0.3, 0.4) is 0 Å². The van der Waals surface area contributed by atoms with E-state index in [1.807, 2.05) is 47.4 Å². The van der Waals surface area contributed by atoms with Crippen molar-refractivity contribution >= 4 is 17.5 Å². The third kappa shape index (κ3) is 3.61. The topological polar surface area (TPSA) is 58.6 Å². The summed E-state index contributed by atoms with van der Waals surface area (Å²) in [5.41, 5.74) is 3.33. The van der Waals surface area contributed by atoms with Crippen molar-refractivity contribution < 1.29 is 14.3 Å². The molecule has 2 amide bonds. The molecule has 2 aliphatic rings. The third-order valence-corrected chi connectivity index (χ3v) is 5.74. The van der Waals surface area contributed by atoms with Crippen molar-refractivity contribution in [1.82, 2.24) is 5.32 Å². The van der Waals surface area contributed by atoms with Crippen molar-refractivity contribution in [2.45, 2.75) is 32.2 Å². The lowest BCUT2D eigenvalue weighted by atomic mass is 10.1. The SMILES string of the molecule is COc1cccc(CCNC(=O)C2CC2C(=O)N2c3ccccc3CC2C)c1. The van der Waals surface area contributed by atoms with Gasteiger partial charge in [0.05, 0.1) is 18.9 Å². The number of anilines is 1. The van der Waals surface area contributed by atoms with Crippen LogP contribution in [-0.4, -0.2) is 31.5 Å². The Morgan fingerprint density at radius 1 is 1.14 bits per heavy atom. The first-order valence-electron chi connectivity index (χ1n) is 9.90. The van der Waals surface area contributed by atoms with Crippen LogP contribution in [0.1, 0.15) is 24.5 Å². The molecule has 3 unspecified atom stereocenters. The van der Waals surface area contributed by atoms with E-state index in [1.54, 1.807) is 7.11 Å². The van der Waals surface area contributed by atoms with Gasteiger partial charge in [-0.25, -0.2) is 0 Å². The molecule has 1 heterocycles. The molecule has 4 rings (SSSR count). The highest BCUT2D eigenvalue weighted by atomic mass is 16.5. The number of ether oxygens (including phenoxy) is 1. The van der Waals surface area contributed by atoms with E-state index in [9.17, 15) is 9.59 Å². The van der Waals surface area contributed by atoms with E-state index in [2.05, 4.69) is 18.3 Å². The van der Waals surface area contributed by atoms with E-state index in [-0.39, 0.29) is 29.7 Å². The van der Waals surface area contributed by atoms with Crippen molar-refractivity contribution in [1.29, 1.82) is 0 Å². The standard InChI is InChI=1S/C23H26N2O3/c1-15-12-17-7-3-4-9-21(17)25(15)23(27)20-14-19(20)22(26)24-11-10-16-6-5-8-18(13-16)28-2/h3-9,13,15,19-20H,10-12,14H2,1-2H3,(H,24,26). The lowest BCUT2D eigenvalue weighted by Crippen LogP contribution is -2.38. The van der Waals surface area contributed by atoms with E-state index in [1.165, 1.54) is 5.56 Å². The van der Waals surface area contributed by atoms with Crippen molar-refractivity contribution in [3.8, 4) is 5.75 Å². The predicted molar refractivity (Wildman–Crippen MR) is 108 cm³/mol. The monoisotopic (exact) mass is 378 g/mol. The minimum atomic E-state index is -0.197. The summed E-state index contributed by atoms with van der Waals surface area (Å²) in [7, 11) is 1.64. The van der Waals surface area contributed by atoms with Crippen LogP contribution in [0.25, 0.3) is 0 Å². The minimum absolute atomic E-state index is 0.0126. The summed E-state index contributed by atoms with van der Waals surface area (Å²) in [5.74, 6) is 0.506. The Morgan fingerprint density at radius 2 is 1.96 bits per heavy atom. The maximum Gasteiger partial charge on any atom is 0.231 e. The Balaban J connectivity index is 1.30. The summed E-state index contributed by atoms with van der Waals surface area (Å²) in [5, 5.41) is 2.99. The summed E-state index contributed by atoms with van der Waals surface area (Å²) in [4.78, 5) is 27.4. The highest BCUT2D eigenvalue weighted by molar-refractivity contribution is 6.02. The lowest BCUT2D eigenvalue weighted by Gasteiger charge is -2.23. The van der Waals surface area contributed by atoms with Crippen molar-refractivity contribution in [2.24, 2.45) is 11.8 Å². The summed E-state index contributed by atoms with van der Waals surface area (Å²) in [6.45, 7) is 2.63. The number of rotatable bonds is 6. The molecule has 2 aromatic carbocycles. The number of benzene rings is 2. The lowest BCUT2D eigenvalue weighted by molar-refractivity contribution is -0.126. The Hall–Kier alpha value is -2.82. The van der Waals surface area contributed by atoms with Gasteiger partial charge in [-0.15, -0.1) is 0 Å². The second-order valence-corrected chi connectivity index (χ2v) is 7.73. The molecule has 0 bridgehead atoms. The zero-order valence-electron chi connectivity index (χ0n) is 16.4. The van der Waals surface area contributed by atoms with Crippen molar-refractivity contribution in [2.75, 3.05) is 18.6 Å². The second kappa shape index (κ2) is 7.66. The molecule has 5 nitrogen and oxygen atoms in total. The molecular formula is C23H26N2O3. The van der Waals surface area contributed by atoms with E-state index in [0.29, 0.717) is 13.0 Å². The number of fused-ring (bicyclic) bond motifs is 1. The number of carbonyl (C=O) groups is 2. The van der Waals surface area contributed by atoms with Crippen LogP contribution < -0.4 is 15.0 Å². The zero-order chi connectivity index (χ0) is 19.7. The van der Waals surface area contributed by atoms with Gasteiger partial charge < -0.3 is 15.0 Å². The molecule has 28 heavy (non-hydrogen) atoms. The quantitative estimate of drug-likeness (QED) is 0.841. The molecule has 146 valence electrons. The summed E-state index contributed by atoms with van der Waals surface area (Å²) >= 11 is 0. The van der Waals surface area contributed by atoms with E-state index in [0.717, 1.165) is 29.8 Å². The maximum absolute atomic E-state index is 13.0. The number of amides is 2. The number of methoxy groups -OCH3 is 1. The molecule has 1 fully saturated rings. The molecular weight excluding hydrogens is 352 g/mol. The molecule has 0 spiro atoms. The average Bonchev–Trinajstić information content (AvgIpc) is 3.44. The molecule has 3 atom stereocenters. The van der Waals surface area contributed by atoms with E-state index < -0.39 is 0 Å². The van der Waals surface area contributed by atoms with Gasteiger partial charge in [-0.2, -0.15) is 0 Å². The normalized spacial score (nSPS) is 22.5. The van der Waals surface area contributed by atoms with Gasteiger partial charge in [0.15, 0.2) is 0 Å². The van der Waals surface area contributed by atoms with Gasteiger partial charge in [0.25, 0.3) is 0 Å². The molecule has 2 aromatic rings. The minimum Gasteiger partial charge on any atom is -0.497 e. The van der Waals surface area contributed by atoms with Crippen LogP contribution in [0, 0.1) is 11.8 Å². The van der Waals surface area contributed by atoms with Gasteiger partial charge in [0.1, 0.15) is 5.75 Å². The van der Waals surface area contributed by atoms with Gasteiger partial charge in [-0.05, 0) is 55.5 Å². The molecule has 0 saturated heterocycles. The third-order valence-electron chi connectivity index (χ3n) is 5.74. The van der Waals surface area contributed by atoms with Crippen molar-refractivity contribution in [3.05, 3.63) is 59.7 Å². The fourth-order valence-electron chi connectivity index (χ4n) is 4.13. The highest BCUT2D eigenvalue weighted by Crippen LogP contribution is 2.43. The first-order valence-corrected chi connectivity index (χ1v) is 9.90. The first kappa shape index (κ1) is 18.5. The van der Waals surface area contributed by atoms with Gasteiger partial charge in [-0.3, -0.25) is 9.59 Å². The van der Waals surface area contributed by atoms with Crippen LogP contribution in [-0.2, 0) is 22.4 Å². The Kier molecular flexibility index (Phi) is 5.07. The van der Waals surface area contributed by atoms with Gasteiger partial charge in [0.2, 0.25) is 11.8 Å². The molecule has 0 aromatic heterocycles.